The normalized spacial score (nSPS) is 13.4. The van der Waals surface area contributed by atoms with Gasteiger partial charge in [-0.05, 0) is 30.5 Å². The van der Waals surface area contributed by atoms with E-state index in [1.54, 1.807) is 0 Å². The molecule has 1 amide bonds. The molecule has 0 aliphatic heterocycles. The molecule has 106 valence electrons. The lowest BCUT2D eigenvalue weighted by atomic mass is 10.0. The van der Waals surface area contributed by atoms with E-state index in [1.807, 2.05) is 13.8 Å². The molecule has 0 radical (unpaired) electrons. The molecule has 0 fully saturated rings. The average Bonchev–Trinajstić information content (AvgIpc) is 2.27. The summed E-state index contributed by atoms with van der Waals surface area (Å²) in [5.41, 5.74) is 4.95. The van der Waals surface area contributed by atoms with E-state index in [1.165, 1.54) is 12.1 Å². The molecule has 0 saturated carbocycles. The van der Waals surface area contributed by atoms with Crippen molar-refractivity contribution in [2.24, 2.45) is 11.7 Å². The van der Waals surface area contributed by atoms with Gasteiger partial charge in [0.15, 0.2) is 0 Å². The lowest BCUT2D eigenvalue weighted by molar-refractivity contribution is -0.137. The molecule has 1 unspecified atom stereocenters. The van der Waals surface area contributed by atoms with E-state index in [2.05, 4.69) is 5.32 Å². The highest BCUT2D eigenvalue weighted by molar-refractivity contribution is 5.94. The zero-order valence-corrected chi connectivity index (χ0v) is 10.8. The molecule has 1 aromatic carbocycles. The molecule has 0 saturated heterocycles. The van der Waals surface area contributed by atoms with Gasteiger partial charge >= 0.3 is 6.18 Å². The lowest BCUT2D eigenvalue weighted by Gasteiger charge is -2.15. The number of anilines is 1. The maximum atomic E-state index is 12.5. The first-order valence-electron chi connectivity index (χ1n) is 5.94. The average molecular weight is 274 g/mol. The third-order valence-corrected chi connectivity index (χ3v) is 2.52. The van der Waals surface area contributed by atoms with Crippen LogP contribution in [0.25, 0.3) is 0 Å². The summed E-state index contributed by atoms with van der Waals surface area (Å²) in [5.74, 6) is -0.240. The number of benzene rings is 1. The second kappa shape index (κ2) is 6.06. The van der Waals surface area contributed by atoms with Gasteiger partial charge in [0.2, 0.25) is 5.91 Å². The first kappa shape index (κ1) is 15.5. The van der Waals surface area contributed by atoms with E-state index >= 15 is 0 Å². The quantitative estimate of drug-likeness (QED) is 0.886. The number of nitrogens with two attached hydrogens (primary N) is 1. The van der Waals surface area contributed by atoms with E-state index in [9.17, 15) is 18.0 Å². The maximum Gasteiger partial charge on any atom is 0.416 e. The zero-order chi connectivity index (χ0) is 14.6. The molecule has 1 atom stereocenters. The fraction of sp³-hybridized carbons (Fsp3) is 0.462. The van der Waals surface area contributed by atoms with Crippen LogP contribution in [0.3, 0.4) is 0 Å². The van der Waals surface area contributed by atoms with Gasteiger partial charge in [-0.1, -0.05) is 19.9 Å². The fourth-order valence-corrected chi connectivity index (χ4v) is 1.62. The summed E-state index contributed by atoms with van der Waals surface area (Å²) in [5, 5.41) is 2.40. The predicted octanol–water partition coefficient (Wildman–Crippen LogP) is 3.02. The minimum Gasteiger partial charge on any atom is -0.325 e. The summed E-state index contributed by atoms with van der Waals surface area (Å²) in [4.78, 5) is 11.7. The fourth-order valence-electron chi connectivity index (χ4n) is 1.62. The summed E-state index contributed by atoms with van der Waals surface area (Å²) in [6.07, 6.45) is -3.95. The number of alkyl halides is 3. The number of nitrogens with one attached hydrogen (secondary N) is 1. The van der Waals surface area contributed by atoms with Crippen molar-refractivity contribution < 1.29 is 18.0 Å². The van der Waals surface area contributed by atoms with Crippen LogP contribution in [-0.2, 0) is 11.0 Å². The second-order valence-corrected chi connectivity index (χ2v) is 4.80. The highest BCUT2D eigenvalue weighted by Gasteiger charge is 2.30. The maximum absolute atomic E-state index is 12.5. The molecule has 1 rings (SSSR count). The number of carbonyl (C=O) groups is 1. The molecule has 0 aliphatic carbocycles. The van der Waals surface area contributed by atoms with Crippen LogP contribution in [0.1, 0.15) is 25.8 Å². The molecule has 0 aliphatic rings. The Morgan fingerprint density at radius 3 is 2.53 bits per heavy atom. The Labute approximate surface area is 110 Å². The Kier molecular flexibility index (Phi) is 4.94. The van der Waals surface area contributed by atoms with Crippen LogP contribution in [-0.4, -0.2) is 11.9 Å². The van der Waals surface area contributed by atoms with Crippen molar-refractivity contribution in [3.8, 4) is 0 Å². The van der Waals surface area contributed by atoms with Crippen molar-refractivity contribution in [3.05, 3.63) is 29.8 Å². The minimum absolute atomic E-state index is 0.0963. The first-order chi connectivity index (χ1) is 8.70. The van der Waals surface area contributed by atoms with Gasteiger partial charge in [0.05, 0.1) is 11.6 Å². The van der Waals surface area contributed by atoms with E-state index in [4.69, 9.17) is 5.73 Å². The van der Waals surface area contributed by atoms with Crippen molar-refractivity contribution >= 4 is 11.6 Å². The zero-order valence-electron chi connectivity index (χ0n) is 10.8. The molecule has 19 heavy (non-hydrogen) atoms. The molecule has 0 aromatic heterocycles. The Bertz CT molecular complexity index is 444. The standard InChI is InChI=1S/C13H17F3N2O/c1-8(2)6-11(17)12(19)18-10-5-3-4-9(7-10)13(14,15)16/h3-5,7-8,11H,6,17H2,1-2H3,(H,18,19). The van der Waals surface area contributed by atoms with Crippen molar-refractivity contribution in [2.45, 2.75) is 32.5 Å². The molecule has 0 spiro atoms. The van der Waals surface area contributed by atoms with Crippen LogP contribution < -0.4 is 11.1 Å². The van der Waals surface area contributed by atoms with Crippen molar-refractivity contribution in [2.75, 3.05) is 5.32 Å². The molecule has 0 bridgehead atoms. The van der Waals surface area contributed by atoms with Crippen molar-refractivity contribution in [3.63, 3.8) is 0 Å². The van der Waals surface area contributed by atoms with Crippen LogP contribution >= 0.6 is 0 Å². The largest absolute Gasteiger partial charge is 0.416 e. The van der Waals surface area contributed by atoms with Crippen molar-refractivity contribution in [1.82, 2.24) is 0 Å². The summed E-state index contributed by atoms with van der Waals surface area (Å²) in [6.45, 7) is 3.83. The van der Waals surface area contributed by atoms with Crippen LogP contribution in [0, 0.1) is 5.92 Å². The number of amides is 1. The number of hydrogen-bond donors (Lipinski definition) is 2. The molecule has 0 heterocycles. The SMILES string of the molecule is CC(C)CC(N)C(=O)Nc1cccc(C(F)(F)F)c1. The Balaban J connectivity index is 2.75. The number of halogens is 3. The van der Waals surface area contributed by atoms with Gasteiger partial charge in [-0.25, -0.2) is 0 Å². The number of rotatable bonds is 4. The van der Waals surface area contributed by atoms with Crippen molar-refractivity contribution in [1.29, 1.82) is 0 Å². The Morgan fingerprint density at radius 2 is 2.00 bits per heavy atom. The van der Waals surface area contributed by atoms with E-state index in [0.717, 1.165) is 12.1 Å². The summed E-state index contributed by atoms with van der Waals surface area (Å²) in [7, 11) is 0. The van der Waals surface area contributed by atoms with Crippen LogP contribution in [0.5, 0.6) is 0 Å². The molecule has 3 nitrogen and oxygen atoms in total. The monoisotopic (exact) mass is 274 g/mol. The first-order valence-corrected chi connectivity index (χ1v) is 5.94. The van der Waals surface area contributed by atoms with Gasteiger partial charge in [0.1, 0.15) is 0 Å². The van der Waals surface area contributed by atoms with Gasteiger partial charge in [0.25, 0.3) is 0 Å². The third-order valence-electron chi connectivity index (χ3n) is 2.52. The molecule has 6 heteroatoms. The Morgan fingerprint density at radius 1 is 1.37 bits per heavy atom. The topological polar surface area (TPSA) is 55.1 Å². The smallest absolute Gasteiger partial charge is 0.325 e. The lowest BCUT2D eigenvalue weighted by Crippen LogP contribution is -2.36. The summed E-state index contributed by atoms with van der Waals surface area (Å²) in [6, 6.07) is 3.75. The summed E-state index contributed by atoms with van der Waals surface area (Å²) < 4.78 is 37.5. The molecule has 3 N–H and O–H groups in total. The van der Waals surface area contributed by atoms with Gasteiger partial charge < -0.3 is 11.1 Å². The Hall–Kier alpha value is -1.56. The van der Waals surface area contributed by atoms with Gasteiger partial charge in [0, 0.05) is 5.69 Å². The number of hydrogen-bond acceptors (Lipinski definition) is 2. The van der Waals surface area contributed by atoms with Gasteiger partial charge in [-0.3, -0.25) is 4.79 Å². The van der Waals surface area contributed by atoms with Crippen LogP contribution in [0.4, 0.5) is 18.9 Å². The number of carbonyl (C=O) groups excluding carboxylic acids is 1. The molecule has 1 aromatic rings. The third kappa shape index (κ3) is 4.90. The van der Waals surface area contributed by atoms with Gasteiger partial charge in [-0.15, -0.1) is 0 Å². The van der Waals surface area contributed by atoms with Gasteiger partial charge in [-0.2, -0.15) is 13.2 Å². The minimum atomic E-state index is -4.43. The highest BCUT2D eigenvalue weighted by atomic mass is 19.4. The van der Waals surface area contributed by atoms with Crippen LogP contribution in [0.15, 0.2) is 24.3 Å². The van der Waals surface area contributed by atoms with E-state index < -0.39 is 23.7 Å². The summed E-state index contributed by atoms with van der Waals surface area (Å²) >= 11 is 0. The van der Waals surface area contributed by atoms with Crippen LogP contribution in [0.2, 0.25) is 0 Å². The highest BCUT2D eigenvalue weighted by Crippen LogP contribution is 2.30. The molecular formula is C13H17F3N2O. The second-order valence-electron chi connectivity index (χ2n) is 4.80. The van der Waals surface area contributed by atoms with E-state index in [0.29, 0.717) is 6.42 Å². The molecular weight excluding hydrogens is 257 g/mol. The van der Waals surface area contributed by atoms with E-state index in [-0.39, 0.29) is 11.6 Å². The predicted molar refractivity (Wildman–Crippen MR) is 67.5 cm³/mol.